The Labute approximate surface area is 91.5 Å². The number of aryl methyl sites for hydroxylation is 1. The summed E-state index contributed by atoms with van der Waals surface area (Å²) in [5.41, 5.74) is 0.836. The van der Waals surface area contributed by atoms with Crippen molar-refractivity contribution in [2.75, 3.05) is 0 Å². The van der Waals surface area contributed by atoms with Crippen LogP contribution in [-0.4, -0.2) is 4.98 Å². The van der Waals surface area contributed by atoms with Gasteiger partial charge in [-0.25, -0.2) is 4.98 Å². The van der Waals surface area contributed by atoms with E-state index >= 15 is 0 Å². The molecule has 0 aliphatic heterocycles. The summed E-state index contributed by atoms with van der Waals surface area (Å²) in [6.07, 6.45) is 0. The molecule has 0 bridgehead atoms. The summed E-state index contributed by atoms with van der Waals surface area (Å²) in [5, 5.41) is 0.725. The van der Waals surface area contributed by atoms with Crippen LogP contribution >= 0.6 is 23.2 Å². The number of pyridine rings is 1. The van der Waals surface area contributed by atoms with Crippen molar-refractivity contribution in [3.05, 3.63) is 40.3 Å². The third-order valence-electron chi connectivity index (χ3n) is 1.79. The fourth-order valence-electron chi connectivity index (χ4n) is 1.20. The summed E-state index contributed by atoms with van der Waals surface area (Å²) in [6.45, 7) is 1.88. The molecule has 0 amide bonds. The van der Waals surface area contributed by atoms with E-state index < -0.39 is 0 Å². The van der Waals surface area contributed by atoms with Crippen molar-refractivity contribution >= 4 is 23.2 Å². The van der Waals surface area contributed by atoms with Crippen molar-refractivity contribution in [3.8, 4) is 11.3 Å². The molecule has 0 radical (unpaired) electrons. The van der Waals surface area contributed by atoms with Gasteiger partial charge in [-0.2, -0.15) is 0 Å². The number of rotatable bonds is 1. The third-order valence-corrected chi connectivity index (χ3v) is 2.17. The second kappa shape index (κ2) is 3.64. The van der Waals surface area contributed by atoms with Crippen LogP contribution in [0, 0.1) is 6.92 Å². The molecule has 0 aromatic carbocycles. The van der Waals surface area contributed by atoms with Crippen molar-refractivity contribution in [2.24, 2.45) is 0 Å². The van der Waals surface area contributed by atoms with E-state index in [1.807, 2.05) is 19.1 Å². The van der Waals surface area contributed by atoms with Gasteiger partial charge in [-0.3, -0.25) is 0 Å². The van der Waals surface area contributed by atoms with Gasteiger partial charge in [0.15, 0.2) is 0 Å². The Balaban J connectivity index is 2.51. The van der Waals surface area contributed by atoms with Gasteiger partial charge in [-0.15, -0.1) is 0 Å². The molecule has 0 unspecified atom stereocenters. The lowest BCUT2D eigenvalue weighted by Crippen LogP contribution is -1.79. The van der Waals surface area contributed by atoms with Gasteiger partial charge >= 0.3 is 0 Å². The molecule has 4 heteroatoms. The first-order valence-corrected chi connectivity index (χ1v) is 4.80. The van der Waals surface area contributed by atoms with Crippen LogP contribution in [0.2, 0.25) is 10.3 Å². The first-order valence-electron chi connectivity index (χ1n) is 4.05. The number of furan rings is 1. The average Bonchev–Trinajstić information content (AvgIpc) is 2.50. The van der Waals surface area contributed by atoms with Gasteiger partial charge in [0, 0.05) is 5.56 Å². The summed E-state index contributed by atoms with van der Waals surface area (Å²) in [4.78, 5) is 3.86. The number of nitrogens with zero attached hydrogens (tertiary/aromatic N) is 1. The highest BCUT2D eigenvalue weighted by atomic mass is 35.5. The highest BCUT2D eigenvalue weighted by Crippen LogP contribution is 2.26. The maximum Gasteiger partial charge on any atom is 0.134 e. The van der Waals surface area contributed by atoms with Gasteiger partial charge in [0.2, 0.25) is 0 Å². The molecule has 72 valence electrons. The van der Waals surface area contributed by atoms with Crippen molar-refractivity contribution in [1.29, 1.82) is 0 Å². The van der Waals surface area contributed by atoms with Crippen LogP contribution in [0.25, 0.3) is 11.3 Å². The Hall–Kier alpha value is -0.990. The largest absolute Gasteiger partial charge is 0.461 e. The molecule has 0 saturated carbocycles. The monoisotopic (exact) mass is 227 g/mol. The fraction of sp³-hybridized carbons (Fsp3) is 0.100. The van der Waals surface area contributed by atoms with Crippen LogP contribution in [0.1, 0.15) is 5.76 Å². The van der Waals surface area contributed by atoms with E-state index in [4.69, 9.17) is 27.6 Å². The summed E-state index contributed by atoms with van der Waals surface area (Å²) >= 11 is 11.5. The van der Waals surface area contributed by atoms with Gasteiger partial charge in [0.25, 0.3) is 0 Å². The zero-order valence-corrected chi connectivity index (χ0v) is 8.93. The Morgan fingerprint density at radius 3 is 2.29 bits per heavy atom. The van der Waals surface area contributed by atoms with Crippen LogP contribution < -0.4 is 0 Å². The zero-order chi connectivity index (χ0) is 10.1. The van der Waals surface area contributed by atoms with Gasteiger partial charge in [0.05, 0.1) is 0 Å². The zero-order valence-electron chi connectivity index (χ0n) is 7.42. The predicted molar refractivity (Wildman–Crippen MR) is 56.7 cm³/mol. The number of hydrogen-bond acceptors (Lipinski definition) is 2. The normalized spacial score (nSPS) is 10.5. The smallest absolute Gasteiger partial charge is 0.134 e. The van der Waals surface area contributed by atoms with Crippen LogP contribution in [-0.2, 0) is 0 Å². The van der Waals surface area contributed by atoms with Crippen molar-refractivity contribution in [1.82, 2.24) is 4.98 Å². The molecule has 0 spiro atoms. The summed E-state index contributed by atoms with van der Waals surface area (Å²) in [7, 11) is 0. The Kier molecular flexibility index (Phi) is 2.48. The van der Waals surface area contributed by atoms with Crippen molar-refractivity contribution < 1.29 is 4.42 Å². The SMILES string of the molecule is Cc1ccc(-c2cc(Cl)nc(Cl)c2)o1. The van der Waals surface area contributed by atoms with E-state index in [2.05, 4.69) is 4.98 Å². The van der Waals surface area contributed by atoms with Crippen molar-refractivity contribution in [3.63, 3.8) is 0 Å². The molecule has 14 heavy (non-hydrogen) atoms. The molecule has 2 heterocycles. The molecule has 0 N–H and O–H groups in total. The van der Waals surface area contributed by atoms with Crippen LogP contribution in [0.15, 0.2) is 28.7 Å². The quantitative estimate of drug-likeness (QED) is 0.690. The highest BCUT2D eigenvalue weighted by molar-refractivity contribution is 6.32. The predicted octanol–water partition coefficient (Wildman–Crippen LogP) is 3.96. The molecule has 0 aliphatic carbocycles. The molecule has 0 atom stereocenters. The Morgan fingerprint density at radius 2 is 1.79 bits per heavy atom. The van der Waals surface area contributed by atoms with E-state index in [0.717, 1.165) is 17.1 Å². The summed E-state index contributed by atoms with van der Waals surface area (Å²) in [6, 6.07) is 7.19. The molecule has 2 rings (SSSR count). The number of hydrogen-bond donors (Lipinski definition) is 0. The standard InChI is InChI=1S/C10H7Cl2NO/c1-6-2-3-8(14-6)7-4-9(11)13-10(12)5-7/h2-5H,1H3. The average molecular weight is 228 g/mol. The molecule has 2 nitrogen and oxygen atoms in total. The van der Waals surface area contributed by atoms with Gasteiger partial charge in [-0.1, -0.05) is 23.2 Å². The lowest BCUT2D eigenvalue weighted by molar-refractivity contribution is 0.548. The van der Waals surface area contributed by atoms with Crippen molar-refractivity contribution in [2.45, 2.75) is 6.92 Å². The molecule has 2 aromatic heterocycles. The molecule has 2 aromatic rings. The van der Waals surface area contributed by atoms with E-state index in [0.29, 0.717) is 10.3 Å². The van der Waals surface area contributed by atoms with Gasteiger partial charge in [-0.05, 0) is 31.2 Å². The molecular weight excluding hydrogens is 221 g/mol. The number of aromatic nitrogens is 1. The Bertz CT molecular complexity index is 445. The Morgan fingerprint density at radius 1 is 1.14 bits per heavy atom. The van der Waals surface area contributed by atoms with E-state index in [1.165, 1.54) is 0 Å². The highest BCUT2D eigenvalue weighted by Gasteiger charge is 2.05. The minimum Gasteiger partial charge on any atom is -0.461 e. The first-order chi connectivity index (χ1) is 6.65. The molecule has 0 saturated heterocycles. The van der Waals surface area contributed by atoms with Crippen LogP contribution in [0.5, 0.6) is 0 Å². The summed E-state index contributed by atoms with van der Waals surface area (Å²) in [5.74, 6) is 1.60. The van der Waals surface area contributed by atoms with Crippen LogP contribution in [0.3, 0.4) is 0 Å². The molecular formula is C10H7Cl2NO. The second-order valence-corrected chi connectivity index (χ2v) is 3.69. The lowest BCUT2D eigenvalue weighted by Gasteiger charge is -1.98. The summed E-state index contributed by atoms with van der Waals surface area (Å²) < 4.78 is 5.43. The van der Waals surface area contributed by atoms with E-state index in [1.54, 1.807) is 12.1 Å². The maximum absolute atomic E-state index is 5.77. The fourth-order valence-corrected chi connectivity index (χ4v) is 1.66. The van der Waals surface area contributed by atoms with Crippen LogP contribution in [0.4, 0.5) is 0 Å². The van der Waals surface area contributed by atoms with Gasteiger partial charge in [0.1, 0.15) is 21.8 Å². The lowest BCUT2D eigenvalue weighted by atomic mass is 10.2. The van der Waals surface area contributed by atoms with E-state index in [9.17, 15) is 0 Å². The minimum absolute atomic E-state index is 0.363. The second-order valence-electron chi connectivity index (χ2n) is 2.91. The molecule has 0 aliphatic rings. The first kappa shape index (κ1) is 9.56. The van der Waals surface area contributed by atoms with E-state index in [-0.39, 0.29) is 0 Å². The third kappa shape index (κ3) is 1.91. The van der Waals surface area contributed by atoms with Gasteiger partial charge < -0.3 is 4.42 Å². The maximum atomic E-state index is 5.77. The molecule has 0 fully saturated rings. The minimum atomic E-state index is 0.363. The topological polar surface area (TPSA) is 26.0 Å². The number of halogens is 2.